The lowest BCUT2D eigenvalue weighted by Crippen LogP contribution is -2.27. The van der Waals surface area contributed by atoms with Crippen molar-refractivity contribution in [3.05, 3.63) is 30.2 Å². The number of aromatic nitrogens is 2. The van der Waals surface area contributed by atoms with Gasteiger partial charge in [0.1, 0.15) is 5.75 Å². The zero-order valence-electron chi connectivity index (χ0n) is 12.7. The van der Waals surface area contributed by atoms with Crippen molar-refractivity contribution in [2.24, 2.45) is 5.92 Å². The summed E-state index contributed by atoms with van der Waals surface area (Å²) >= 11 is 0. The predicted molar refractivity (Wildman–Crippen MR) is 87.4 cm³/mol. The molecule has 0 unspecified atom stereocenters. The minimum atomic E-state index is 0. The maximum Gasteiger partial charge on any atom is 0.226 e. The third kappa shape index (κ3) is 4.21. The fraction of sp³-hybridized carbons (Fsp3) is 0.500. The van der Waals surface area contributed by atoms with E-state index in [2.05, 4.69) is 15.5 Å². The fourth-order valence-electron chi connectivity index (χ4n) is 2.73. The first-order chi connectivity index (χ1) is 10.3. The molecule has 120 valence electrons. The largest absolute Gasteiger partial charge is 0.497 e. The molecule has 0 spiro atoms. The molecule has 22 heavy (non-hydrogen) atoms. The topological polar surface area (TPSA) is 60.2 Å². The second kappa shape index (κ2) is 8.15. The van der Waals surface area contributed by atoms with Gasteiger partial charge in [0.25, 0.3) is 0 Å². The monoisotopic (exact) mass is 323 g/mol. The molecule has 0 bridgehead atoms. The molecule has 0 amide bonds. The average Bonchev–Trinajstić information content (AvgIpc) is 3.03. The molecule has 1 aliphatic rings. The summed E-state index contributed by atoms with van der Waals surface area (Å²) in [6.45, 7) is 2.26. The van der Waals surface area contributed by atoms with Crippen LogP contribution in [0.2, 0.25) is 0 Å². The van der Waals surface area contributed by atoms with Crippen LogP contribution < -0.4 is 10.1 Å². The molecule has 1 aliphatic heterocycles. The van der Waals surface area contributed by atoms with Crippen molar-refractivity contribution < 1.29 is 9.26 Å². The van der Waals surface area contributed by atoms with Crippen molar-refractivity contribution in [3.63, 3.8) is 0 Å². The minimum Gasteiger partial charge on any atom is -0.497 e. The molecule has 2 aromatic rings. The SMILES string of the molecule is COc1cccc(-c2noc(CCC3CCNCC3)n2)c1.Cl. The fourth-order valence-corrected chi connectivity index (χ4v) is 2.73. The molecule has 2 heterocycles. The molecule has 0 radical (unpaired) electrons. The third-order valence-corrected chi connectivity index (χ3v) is 4.02. The number of rotatable bonds is 5. The van der Waals surface area contributed by atoms with Gasteiger partial charge in [-0.1, -0.05) is 17.3 Å². The minimum absolute atomic E-state index is 0. The van der Waals surface area contributed by atoms with E-state index in [-0.39, 0.29) is 12.4 Å². The van der Waals surface area contributed by atoms with Crippen LogP contribution in [0.25, 0.3) is 11.4 Å². The Morgan fingerprint density at radius 2 is 2.14 bits per heavy atom. The number of nitrogens with zero attached hydrogens (tertiary/aromatic N) is 2. The zero-order valence-corrected chi connectivity index (χ0v) is 13.6. The maximum atomic E-state index is 5.37. The lowest BCUT2D eigenvalue weighted by molar-refractivity contribution is 0.324. The molecule has 6 heteroatoms. The van der Waals surface area contributed by atoms with Gasteiger partial charge in [0.05, 0.1) is 7.11 Å². The first kappa shape index (κ1) is 16.8. The van der Waals surface area contributed by atoms with Crippen molar-refractivity contribution >= 4 is 12.4 Å². The number of methoxy groups -OCH3 is 1. The molecule has 5 nitrogen and oxygen atoms in total. The highest BCUT2D eigenvalue weighted by molar-refractivity contribution is 5.85. The Morgan fingerprint density at radius 1 is 1.32 bits per heavy atom. The van der Waals surface area contributed by atoms with Crippen molar-refractivity contribution in [2.75, 3.05) is 20.2 Å². The second-order valence-corrected chi connectivity index (χ2v) is 5.48. The van der Waals surface area contributed by atoms with E-state index in [1.54, 1.807) is 7.11 Å². The Labute approximate surface area is 136 Å². The van der Waals surface area contributed by atoms with E-state index in [1.807, 2.05) is 24.3 Å². The molecule has 1 aromatic heterocycles. The van der Waals surface area contributed by atoms with Crippen molar-refractivity contribution in [2.45, 2.75) is 25.7 Å². The summed E-state index contributed by atoms with van der Waals surface area (Å²) in [6, 6.07) is 7.71. The molecular formula is C16H22ClN3O2. The van der Waals surface area contributed by atoms with Crippen LogP contribution in [0.15, 0.2) is 28.8 Å². The van der Waals surface area contributed by atoms with Crippen molar-refractivity contribution in [1.29, 1.82) is 0 Å². The van der Waals surface area contributed by atoms with Crippen LogP contribution >= 0.6 is 12.4 Å². The van der Waals surface area contributed by atoms with E-state index in [0.717, 1.165) is 49.1 Å². The van der Waals surface area contributed by atoms with Gasteiger partial charge in [0.2, 0.25) is 11.7 Å². The Balaban J connectivity index is 0.00000176. The first-order valence-electron chi connectivity index (χ1n) is 7.53. The van der Waals surface area contributed by atoms with Crippen LogP contribution in [0, 0.1) is 5.92 Å². The summed E-state index contributed by atoms with van der Waals surface area (Å²) in [5.41, 5.74) is 0.922. The van der Waals surface area contributed by atoms with Gasteiger partial charge in [-0.3, -0.25) is 0 Å². The number of aryl methyl sites for hydroxylation is 1. The Hall–Kier alpha value is -1.59. The smallest absolute Gasteiger partial charge is 0.226 e. The van der Waals surface area contributed by atoms with Crippen LogP contribution in [0.3, 0.4) is 0 Å². The van der Waals surface area contributed by atoms with Gasteiger partial charge in [0, 0.05) is 12.0 Å². The van der Waals surface area contributed by atoms with E-state index >= 15 is 0 Å². The molecule has 1 saturated heterocycles. The van der Waals surface area contributed by atoms with Gasteiger partial charge in [-0.2, -0.15) is 4.98 Å². The summed E-state index contributed by atoms with van der Waals surface area (Å²) in [4.78, 5) is 4.49. The summed E-state index contributed by atoms with van der Waals surface area (Å²) in [6.07, 6.45) is 4.48. The normalized spacial score (nSPS) is 15.3. The standard InChI is InChI=1S/C16H21N3O2.ClH/c1-20-14-4-2-3-13(11-14)16-18-15(21-19-16)6-5-12-7-9-17-10-8-12;/h2-4,11-12,17H,5-10H2,1H3;1H. The number of ether oxygens (including phenoxy) is 1. The molecule has 1 aromatic carbocycles. The lowest BCUT2D eigenvalue weighted by atomic mass is 9.93. The highest BCUT2D eigenvalue weighted by Crippen LogP contribution is 2.23. The zero-order chi connectivity index (χ0) is 14.5. The Morgan fingerprint density at radius 3 is 2.91 bits per heavy atom. The number of nitrogens with one attached hydrogen (secondary N) is 1. The molecular weight excluding hydrogens is 302 g/mol. The van der Waals surface area contributed by atoms with Crippen LogP contribution in [0.1, 0.15) is 25.2 Å². The van der Waals surface area contributed by atoms with Crippen LogP contribution in [0.4, 0.5) is 0 Å². The predicted octanol–water partition coefficient (Wildman–Crippen LogP) is 3.10. The molecule has 0 saturated carbocycles. The number of piperidine rings is 1. The van der Waals surface area contributed by atoms with E-state index in [9.17, 15) is 0 Å². The highest BCUT2D eigenvalue weighted by Gasteiger charge is 2.15. The first-order valence-corrected chi connectivity index (χ1v) is 7.53. The summed E-state index contributed by atoms with van der Waals surface area (Å²) in [5, 5.41) is 7.46. The van der Waals surface area contributed by atoms with E-state index < -0.39 is 0 Å². The number of benzene rings is 1. The van der Waals surface area contributed by atoms with E-state index in [1.165, 1.54) is 12.8 Å². The number of halogens is 1. The van der Waals surface area contributed by atoms with Crippen LogP contribution in [-0.4, -0.2) is 30.3 Å². The maximum absolute atomic E-state index is 5.37. The number of hydrogen-bond donors (Lipinski definition) is 1. The van der Waals surface area contributed by atoms with E-state index in [4.69, 9.17) is 9.26 Å². The van der Waals surface area contributed by atoms with Crippen molar-refractivity contribution in [1.82, 2.24) is 15.5 Å². The Kier molecular flexibility index (Phi) is 6.21. The van der Waals surface area contributed by atoms with Gasteiger partial charge in [0.15, 0.2) is 0 Å². The summed E-state index contributed by atoms with van der Waals surface area (Å²) in [5.74, 6) is 2.94. The van der Waals surface area contributed by atoms with Gasteiger partial charge in [-0.15, -0.1) is 12.4 Å². The van der Waals surface area contributed by atoms with Gasteiger partial charge in [-0.05, 0) is 50.4 Å². The third-order valence-electron chi connectivity index (χ3n) is 4.02. The van der Waals surface area contributed by atoms with E-state index in [0.29, 0.717) is 5.82 Å². The molecule has 0 atom stereocenters. The Bertz CT molecular complexity index is 582. The summed E-state index contributed by atoms with van der Waals surface area (Å²) in [7, 11) is 1.65. The second-order valence-electron chi connectivity index (χ2n) is 5.48. The quantitative estimate of drug-likeness (QED) is 0.916. The van der Waals surface area contributed by atoms with Crippen LogP contribution in [-0.2, 0) is 6.42 Å². The number of hydrogen-bond acceptors (Lipinski definition) is 5. The van der Waals surface area contributed by atoms with Crippen LogP contribution in [0.5, 0.6) is 5.75 Å². The van der Waals surface area contributed by atoms with Gasteiger partial charge < -0.3 is 14.6 Å². The molecule has 0 aliphatic carbocycles. The molecule has 1 fully saturated rings. The van der Waals surface area contributed by atoms with Crippen molar-refractivity contribution in [3.8, 4) is 17.1 Å². The van der Waals surface area contributed by atoms with Gasteiger partial charge >= 0.3 is 0 Å². The van der Waals surface area contributed by atoms with Gasteiger partial charge in [-0.25, -0.2) is 0 Å². The average molecular weight is 324 g/mol. The lowest BCUT2D eigenvalue weighted by Gasteiger charge is -2.21. The summed E-state index contributed by atoms with van der Waals surface area (Å²) < 4.78 is 10.6. The molecule has 1 N–H and O–H groups in total. The molecule has 3 rings (SSSR count). The highest BCUT2D eigenvalue weighted by atomic mass is 35.5.